The van der Waals surface area contributed by atoms with Crippen LogP contribution in [0.1, 0.15) is 35.2 Å². The van der Waals surface area contributed by atoms with E-state index < -0.39 is 0 Å². The third kappa shape index (κ3) is 2.95. The smallest absolute Gasteiger partial charge is 0.254 e. The molecule has 1 aliphatic heterocycles. The Morgan fingerprint density at radius 1 is 1.32 bits per heavy atom. The number of carbonyl (C=O) groups excluding carboxylic acids is 2. The molecule has 4 nitrogen and oxygen atoms in total. The Balaban J connectivity index is 2.22. The Kier molecular flexibility index (Phi) is 4.20. The van der Waals surface area contributed by atoms with E-state index >= 15 is 0 Å². The van der Waals surface area contributed by atoms with E-state index in [2.05, 4.69) is 5.32 Å². The molecular weight excluding hydrogens is 240 g/mol. The van der Waals surface area contributed by atoms with Crippen molar-refractivity contribution < 1.29 is 9.59 Å². The summed E-state index contributed by atoms with van der Waals surface area (Å²) in [4.78, 5) is 26.1. The quantitative estimate of drug-likeness (QED) is 0.880. The minimum Gasteiger partial charge on any atom is -0.357 e. The zero-order valence-corrected chi connectivity index (χ0v) is 11.5. The first-order valence-electron chi connectivity index (χ1n) is 6.72. The number of benzene rings is 1. The van der Waals surface area contributed by atoms with Crippen LogP contribution in [-0.2, 0) is 4.79 Å². The highest BCUT2D eigenvalue weighted by Crippen LogP contribution is 2.20. The fourth-order valence-corrected chi connectivity index (χ4v) is 2.56. The Morgan fingerprint density at radius 3 is 2.79 bits per heavy atom. The fraction of sp³-hybridized carbons (Fsp3) is 0.467. The molecule has 1 unspecified atom stereocenters. The average Bonchev–Trinajstić information content (AvgIpc) is 2.45. The molecule has 4 heteroatoms. The second kappa shape index (κ2) is 5.87. The lowest BCUT2D eigenvalue weighted by atomic mass is 9.99. The summed E-state index contributed by atoms with van der Waals surface area (Å²) in [5.41, 5.74) is 1.72. The van der Waals surface area contributed by atoms with Crippen molar-refractivity contribution in [3.05, 3.63) is 35.4 Å². The summed E-state index contributed by atoms with van der Waals surface area (Å²) in [5, 5.41) is 2.65. The van der Waals surface area contributed by atoms with E-state index in [1.807, 2.05) is 31.2 Å². The molecule has 1 atom stereocenters. The molecule has 2 rings (SSSR count). The highest BCUT2D eigenvalue weighted by molar-refractivity contribution is 5.97. The fourth-order valence-electron chi connectivity index (χ4n) is 2.56. The molecule has 1 aliphatic rings. The van der Waals surface area contributed by atoms with Gasteiger partial charge >= 0.3 is 0 Å². The van der Waals surface area contributed by atoms with Crippen LogP contribution < -0.4 is 5.32 Å². The molecule has 1 N–H and O–H groups in total. The number of nitrogens with one attached hydrogen (secondary N) is 1. The number of carbonyl (C=O) groups is 2. The topological polar surface area (TPSA) is 49.4 Å². The summed E-state index contributed by atoms with van der Waals surface area (Å²) in [5.74, 6) is -0.113. The maximum atomic E-state index is 12.5. The van der Waals surface area contributed by atoms with Crippen LogP contribution in [0.3, 0.4) is 0 Å². The van der Waals surface area contributed by atoms with E-state index in [0.717, 1.165) is 24.8 Å². The first-order valence-corrected chi connectivity index (χ1v) is 6.72. The number of likely N-dealkylation sites (N-methyl/N-ethyl adjacent to an activating group) is 1. The predicted octanol–water partition coefficient (Wildman–Crippen LogP) is 1.74. The van der Waals surface area contributed by atoms with Gasteiger partial charge in [0.25, 0.3) is 5.91 Å². The van der Waals surface area contributed by atoms with E-state index in [1.54, 1.807) is 11.9 Å². The minimum atomic E-state index is -0.327. The molecule has 0 aliphatic carbocycles. The van der Waals surface area contributed by atoms with Gasteiger partial charge in [0, 0.05) is 19.2 Å². The third-order valence-electron chi connectivity index (χ3n) is 3.58. The normalized spacial score (nSPS) is 19.1. The minimum absolute atomic E-state index is 0.0444. The zero-order valence-electron chi connectivity index (χ0n) is 11.5. The summed E-state index contributed by atoms with van der Waals surface area (Å²) in [6, 6.07) is 7.19. The van der Waals surface area contributed by atoms with Gasteiger partial charge < -0.3 is 10.2 Å². The Morgan fingerprint density at radius 2 is 2.11 bits per heavy atom. The molecule has 19 heavy (non-hydrogen) atoms. The number of aryl methyl sites for hydroxylation is 1. The lowest BCUT2D eigenvalue weighted by molar-refractivity contribution is -0.126. The second-order valence-electron chi connectivity index (χ2n) is 4.99. The van der Waals surface area contributed by atoms with Crippen molar-refractivity contribution in [2.75, 3.05) is 13.6 Å². The highest BCUT2D eigenvalue weighted by atomic mass is 16.2. The molecule has 1 aromatic carbocycles. The molecule has 1 fully saturated rings. The molecule has 0 aromatic heterocycles. The zero-order chi connectivity index (χ0) is 13.8. The van der Waals surface area contributed by atoms with Crippen molar-refractivity contribution in [1.82, 2.24) is 10.2 Å². The predicted molar refractivity (Wildman–Crippen MR) is 73.9 cm³/mol. The summed E-state index contributed by atoms with van der Waals surface area (Å²) in [6.45, 7) is 2.62. The summed E-state index contributed by atoms with van der Waals surface area (Å²) in [7, 11) is 1.62. The van der Waals surface area contributed by atoms with Crippen LogP contribution in [0, 0.1) is 6.92 Å². The number of hydrogen-bond acceptors (Lipinski definition) is 2. The standard InChI is InChI=1S/C15H20N2O2/c1-11-6-5-7-12(10-11)15(19)17-9-4-3-8-13(17)14(18)16-2/h5-7,10,13H,3-4,8-9H2,1-2H3,(H,16,18). The van der Waals surface area contributed by atoms with Gasteiger partial charge in [0.2, 0.25) is 5.91 Å². The van der Waals surface area contributed by atoms with Crippen LogP contribution in [0.15, 0.2) is 24.3 Å². The Labute approximate surface area is 113 Å². The number of nitrogens with zero attached hydrogens (tertiary/aromatic N) is 1. The number of rotatable bonds is 2. The molecular formula is C15H20N2O2. The maximum Gasteiger partial charge on any atom is 0.254 e. The molecule has 1 aromatic rings. The molecule has 2 amide bonds. The number of amides is 2. The van der Waals surface area contributed by atoms with Gasteiger partial charge in [-0.15, -0.1) is 0 Å². The van der Waals surface area contributed by atoms with Gasteiger partial charge in [-0.05, 0) is 38.3 Å². The second-order valence-corrected chi connectivity index (χ2v) is 4.99. The monoisotopic (exact) mass is 260 g/mol. The lowest BCUT2D eigenvalue weighted by Crippen LogP contribution is -2.51. The largest absolute Gasteiger partial charge is 0.357 e. The molecule has 1 heterocycles. The van der Waals surface area contributed by atoms with Gasteiger partial charge in [0.1, 0.15) is 6.04 Å². The lowest BCUT2D eigenvalue weighted by Gasteiger charge is -2.34. The van der Waals surface area contributed by atoms with Crippen molar-refractivity contribution in [3.63, 3.8) is 0 Å². The molecule has 0 radical (unpaired) electrons. The van der Waals surface area contributed by atoms with Crippen molar-refractivity contribution in [3.8, 4) is 0 Å². The van der Waals surface area contributed by atoms with Crippen molar-refractivity contribution in [1.29, 1.82) is 0 Å². The Bertz CT molecular complexity index is 485. The van der Waals surface area contributed by atoms with Crippen molar-refractivity contribution in [2.24, 2.45) is 0 Å². The molecule has 1 saturated heterocycles. The van der Waals surface area contributed by atoms with Gasteiger partial charge in [0.05, 0.1) is 0 Å². The van der Waals surface area contributed by atoms with Crippen LogP contribution in [0.25, 0.3) is 0 Å². The SMILES string of the molecule is CNC(=O)C1CCCCN1C(=O)c1cccc(C)c1. The summed E-state index contributed by atoms with van der Waals surface area (Å²) >= 11 is 0. The summed E-state index contributed by atoms with van der Waals surface area (Å²) in [6.07, 6.45) is 2.71. The summed E-state index contributed by atoms with van der Waals surface area (Å²) < 4.78 is 0. The third-order valence-corrected chi connectivity index (χ3v) is 3.58. The van der Waals surface area contributed by atoms with Crippen LogP contribution in [0.4, 0.5) is 0 Å². The van der Waals surface area contributed by atoms with Crippen LogP contribution in [0.2, 0.25) is 0 Å². The number of hydrogen-bond donors (Lipinski definition) is 1. The molecule has 102 valence electrons. The first kappa shape index (κ1) is 13.6. The number of likely N-dealkylation sites (tertiary alicyclic amines) is 1. The van der Waals surface area contributed by atoms with E-state index in [1.165, 1.54) is 0 Å². The van der Waals surface area contributed by atoms with Crippen LogP contribution >= 0.6 is 0 Å². The first-order chi connectivity index (χ1) is 9.13. The van der Waals surface area contributed by atoms with E-state index in [9.17, 15) is 9.59 Å². The van der Waals surface area contributed by atoms with Gasteiger partial charge in [-0.3, -0.25) is 9.59 Å². The van der Waals surface area contributed by atoms with Crippen LogP contribution in [-0.4, -0.2) is 36.3 Å². The maximum absolute atomic E-state index is 12.5. The van der Waals surface area contributed by atoms with E-state index in [0.29, 0.717) is 12.1 Å². The molecule has 0 spiro atoms. The van der Waals surface area contributed by atoms with Crippen LogP contribution in [0.5, 0.6) is 0 Å². The molecule has 0 bridgehead atoms. The highest BCUT2D eigenvalue weighted by Gasteiger charge is 2.31. The average molecular weight is 260 g/mol. The van der Waals surface area contributed by atoms with Gasteiger partial charge in [0.15, 0.2) is 0 Å². The molecule has 0 saturated carbocycles. The van der Waals surface area contributed by atoms with E-state index in [-0.39, 0.29) is 17.9 Å². The van der Waals surface area contributed by atoms with Crippen molar-refractivity contribution in [2.45, 2.75) is 32.2 Å². The van der Waals surface area contributed by atoms with Gasteiger partial charge in [-0.1, -0.05) is 17.7 Å². The number of piperidine rings is 1. The van der Waals surface area contributed by atoms with Gasteiger partial charge in [-0.25, -0.2) is 0 Å². The Hall–Kier alpha value is -1.84. The van der Waals surface area contributed by atoms with Gasteiger partial charge in [-0.2, -0.15) is 0 Å². The van der Waals surface area contributed by atoms with Crippen molar-refractivity contribution >= 4 is 11.8 Å². The van der Waals surface area contributed by atoms with E-state index in [4.69, 9.17) is 0 Å².